The molecule has 0 unspecified atom stereocenters. The van der Waals surface area contributed by atoms with Crippen molar-refractivity contribution < 1.29 is 13.2 Å². The number of nitrogens with one attached hydrogen (secondary N) is 1. The third-order valence-corrected chi connectivity index (χ3v) is 5.48. The molecule has 5 nitrogen and oxygen atoms in total. The molecule has 0 heterocycles. The lowest BCUT2D eigenvalue weighted by molar-refractivity contribution is -0.121. The molecule has 2 rings (SSSR count). The highest BCUT2D eigenvalue weighted by Crippen LogP contribution is 2.31. The van der Waals surface area contributed by atoms with Gasteiger partial charge >= 0.3 is 0 Å². The van der Waals surface area contributed by atoms with E-state index in [-0.39, 0.29) is 16.7 Å². The van der Waals surface area contributed by atoms with Crippen molar-refractivity contribution in [1.29, 1.82) is 0 Å². The van der Waals surface area contributed by atoms with E-state index in [1.807, 2.05) is 0 Å². The molecular formula is C14H19BrN2O3S. The first kappa shape index (κ1) is 16.5. The Morgan fingerprint density at radius 3 is 2.43 bits per heavy atom. The van der Waals surface area contributed by atoms with E-state index in [4.69, 9.17) is 5.14 Å². The number of primary sulfonamides is 1. The summed E-state index contributed by atoms with van der Waals surface area (Å²) in [5, 5.41) is 7.92. The molecule has 21 heavy (non-hydrogen) atoms. The van der Waals surface area contributed by atoms with Gasteiger partial charge in [-0.1, -0.05) is 6.92 Å². The van der Waals surface area contributed by atoms with E-state index in [9.17, 15) is 13.2 Å². The van der Waals surface area contributed by atoms with Crippen molar-refractivity contribution in [2.45, 2.75) is 37.5 Å². The van der Waals surface area contributed by atoms with Gasteiger partial charge in [0.2, 0.25) is 15.9 Å². The molecule has 0 bridgehead atoms. The maximum atomic E-state index is 12.2. The first-order valence-corrected chi connectivity index (χ1v) is 9.24. The molecule has 1 saturated carbocycles. The molecule has 1 aliphatic carbocycles. The Labute approximate surface area is 133 Å². The Bertz CT molecular complexity index is 638. The molecule has 1 aliphatic rings. The van der Waals surface area contributed by atoms with E-state index in [1.54, 1.807) is 6.07 Å². The van der Waals surface area contributed by atoms with Crippen LogP contribution >= 0.6 is 15.9 Å². The summed E-state index contributed by atoms with van der Waals surface area (Å²) in [6, 6.07) is 4.33. The van der Waals surface area contributed by atoms with Crippen LogP contribution in [0.5, 0.6) is 0 Å². The van der Waals surface area contributed by atoms with Crippen LogP contribution in [0.2, 0.25) is 0 Å². The number of sulfonamides is 1. The second-order valence-electron chi connectivity index (χ2n) is 5.63. The zero-order chi connectivity index (χ0) is 15.6. The van der Waals surface area contributed by atoms with Gasteiger partial charge in [0, 0.05) is 10.4 Å². The van der Waals surface area contributed by atoms with Crippen molar-refractivity contribution in [2.24, 2.45) is 17.0 Å². The van der Waals surface area contributed by atoms with E-state index >= 15 is 0 Å². The fourth-order valence-electron chi connectivity index (χ4n) is 2.53. The van der Waals surface area contributed by atoms with E-state index in [0.29, 0.717) is 16.1 Å². The molecule has 1 aromatic rings. The zero-order valence-corrected chi connectivity index (χ0v) is 14.2. The molecule has 0 atom stereocenters. The van der Waals surface area contributed by atoms with Gasteiger partial charge in [-0.2, -0.15) is 0 Å². The lowest BCUT2D eigenvalue weighted by Crippen LogP contribution is -2.26. The van der Waals surface area contributed by atoms with Crippen LogP contribution in [0.1, 0.15) is 32.6 Å². The van der Waals surface area contributed by atoms with Crippen LogP contribution in [0, 0.1) is 11.8 Å². The van der Waals surface area contributed by atoms with Crippen molar-refractivity contribution in [3.8, 4) is 0 Å². The maximum Gasteiger partial charge on any atom is 0.238 e. The van der Waals surface area contributed by atoms with Gasteiger partial charge in [0.15, 0.2) is 0 Å². The molecule has 0 radical (unpaired) electrons. The third-order valence-electron chi connectivity index (χ3n) is 3.91. The van der Waals surface area contributed by atoms with Crippen molar-refractivity contribution >= 4 is 37.5 Å². The van der Waals surface area contributed by atoms with Crippen LogP contribution < -0.4 is 10.5 Å². The van der Waals surface area contributed by atoms with E-state index in [0.717, 1.165) is 25.7 Å². The van der Waals surface area contributed by atoms with Crippen molar-refractivity contribution in [3.05, 3.63) is 22.7 Å². The number of benzene rings is 1. The number of rotatable bonds is 3. The number of hydrogen-bond donors (Lipinski definition) is 2. The topological polar surface area (TPSA) is 89.3 Å². The number of carbonyl (C=O) groups is 1. The van der Waals surface area contributed by atoms with Crippen molar-refractivity contribution in [3.63, 3.8) is 0 Å². The number of halogens is 1. The fourth-order valence-corrected chi connectivity index (χ4v) is 3.70. The van der Waals surface area contributed by atoms with Crippen LogP contribution in [-0.2, 0) is 14.8 Å². The standard InChI is InChI=1S/C14H19BrN2O3S/c1-9-2-4-10(5-3-9)14(18)17-13-7-6-11(8-12(13)15)21(16,19)20/h6-10H,2-5H2,1H3,(H,17,18)(H2,16,19,20). The summed E-state index contributed by atoms with van der Waals surface area (Å²) < 4.78 is 23.0. The number of anilines is 1. The van der Waals surface area contributed by atoms with Gasteiger partial charge in [0.1, 0.15) is 0 Å². The Kier molecular flexibility index (Phi) is 5.06. The molecule has 1 amide bonds. The first-order valence-electron chi connectivity index (χ1n) is 6.90. The van der Waals surface area contributed by atoms with Crippen LogP contribution in [0.25, 0.3) is 0 Å². The molecule has 0 saturated heterocycles. The largest absolute Gasteiger partial charge is 0.325 e. The monoisotopic (exact) mass is 374 g/mol. The van der Waals surface area contributed by atoms with Crippen LogP contribution in [0.3, 0.4) is 0 Å². The SMILES string of the molecule is CC1CCC(C(=O)Nc2ccc(S(N)(=O)=O)cc2Br)CC1. The number of amides is 1. The molecule has 0 aromatic heterocycles. The summed E-state index contributed by atoms with van der Waals surface area (Å²) in [5.41, 5.74) is 0.561. The normalized spacial score (nSPS) is 22.8. The minimum atomic E-state index is -3.74. The van der Waals surface area contributed by atoms with Gasteiger partial charge in [-0.25, -0.2) is 13.6 Å². The fraction of sp³-hybridized carbons (Fsp3) is 0.500. The second kappa shape index (κ2) is 6.46. The first-order chi connectivity index (χ1) is 9.77. The van der Waals surface area contributed by atoms with Crippen LogP contribution in [0.15, 0.2) is 27.6 Å². The predicted octanol–water partition coefficient (Wildman–Crippen LogP) is 2.86. The molecule has 1 aromatic carbocycles. The van der Waals surface area contributed by atoms with E-state index < -0.39 is 10.0 Å². The highest BCUT2D eigenvalue weighted by atomic mass is 79.9. The number of nitrogens with two attached hydrogens (primary N) is 1. The quantitative estimate of drug-likeness (QED) is 0.851. The molecule has 7 heteroatoms. The van der Waals surface area contributed by atoms with Crippen LogP contribution in [-0.4, -0.2) is 14.3 Å². The Morgan fingerprint density at radius 1 is 1.29 bits per heavy atom. The molecule has 3 N–H and O–H groups in total. The zero-order valence-electron chi connectivity index (χ0n) is 11.8. The average molecular weight is 375 g/mol. The smallest absolute Gasteiger partial charge is 0.238 e. The minimum Gasteiger partial charge on any atom is -0.325 e. The molecular weight excluding hydrogens is 356 g/mol. The second-order valence-corrected chi connectivity index (χ2v) is 8.05. The summed E-state index contributed by atoms with van der Waals surface area (Å²) >= 11 is 3.27. The average Bonchev–Trinajstić information content (AvgIpc) is 2.40. The summed E-state index contributed by atoms with van der Waals surface area (Å²) in [7, 11) is -3.74. The Balaban J connectivity index is 2.08. The molecule has 0 spiro atoms. The summed E-state index contributed by atoms with van der Waals surface area (Å²) in [4.78, 5) is 12.2. The Morgan fingerprint density at radius 2 is 1.90 bits per heavy atom. The van der Waals surface area contributed by atoms with Crippen LogP contribution in [0.4, 0.5) is 5.69 Å². The summed E-state index contributed by atoms with van der Waals surface area (Å²) in [5.74, 6) is 0.715. The Hall–Kier alpha value is -0.920. The van der Waals surface area contributed by atoms with Gasteiger partial charge in [0.25, 0.3) is 0 Å². The van der Waals surface area contributed by atoms with Gasteiger partial charge in [0.05, 0.1) is 10.6 Å². The summed E-state index contributed by atoms with van der Waals surface area (Å²) in [6.45, 7) is 2.21. The van der Waals surface area contributed by atoms with Gasteiger partial charge in [-0.05, 0) is 65.7 Å². The highest BCUT2D eigenvalue weighted by Gasteiger charge is 2.24. The minimum absolute atomic E-state index is 0.00837. The van der Waals surface area contributed by atoms with Crippen molar-refractivity contribution in [1.82, 2.24) is 0 Å². The maximum absolute atomic E-state index is 12.2. The molecule has 1 fully saturated rings. The molecule has 116 valence electrons. The lowest BCUT2D eigenvalue weighted by Gasteiger charge is -2.25. The number of carbonyl (C=O) groups excluding carboxylic acids is 1. The predicted molar refractivity (Wildman–Crippen MR) is 85.3 cm³/mol. The van der Waals surface area contributed by atoms with E-state index in [1.165, 1.54) is 12.1 Å². The summed E-state index contributed by atoms with van der Waals surface area (Å²) in [6.07, 6.45) is 3.95. The highest BCUT2D eigenvalue weighted by molar-refractivity contribution is 9.10. The van der Waals surface area contributed by atoms with Gasteiger partial charge in [-0.15, -0.1) is 0 Å². The van der Waals surface area contributed by atoms with Gasteiger partial charge in [-0.3, -0.25) is 4.79 Å². The van der Waals surface area contributed by atoms with Crippen molar-refractivity contribution in [2.75, 3.05) is 5.32 Å². The van der Waals surface area contributed by atoms with E-state index in [2.05, 4.69) is 28.2 Å². The van der Waals surface area contributed by atoms with Gasteiger partial charge < -0.3 is 5.32 Å². The third kappa shape index (κ3) is 4.28. The molecule has 0 aliphatic heterocycles. The lowest BCUT2D eigenvalue weighted by atomic mass is 9.82. The number of hydrogen-bond acceptors (Lipinski definition) is 3.